The summed E-state index contributed by atoms with van der Waals surface area (Å²) in [7, 11) is 0. The van der Waals surface area contributed by atoms with Crippen molar-refractivity contribution < 1.29 is 0 Å². The van der Waals surface area contributed by atoms with Crippen molar-refractivity contribution in [2.75, 3.05) is 4.90 Å². The number of aromatic nitrogens is 3. The summed E-state index contributed by atoms with van der Waals surface area (Å²) in [6.45, 7) is 8.00. The van der Waals surface area contributed by atoms with Crippen LogP contribution in [0.5, 0.6) is 0 Å². The highest BCUT2D eigenvalue weighted by Crippen LogP contribution is 2.30. The van der Waals surface area contributed by atoms with Crippen molar-refractivity contribution in [3.63, 3.8) is 0 Å². The van der Waals surface area contributed by atoms with E-state index in [0.29, 0.717) is 5.95 Å². The van der Waals surface area contributed by atoms with E-state index < -0.39 is 0 Å². The molecular formula is C19H24N4. The van der Waals surface area contributed by atoms with Gasteiger partial charge in [-0.3, -0.25) is 4.90 Å². The van der Waals surface area contributed by atoms with Crippen LogP contribution in [0.4, 0.5) is 17.3 Å². The lowest BCUT2D eigenvalue weighted by Crippen LogP contribution is -2.13. The molecule has 1 heterocycles. The number of hydrogen-bond donors (Lipinski definition) is 0. The third kappa shape index (κ3) is 5.18. The van der Waals surface area contributed by atoms with Gasteiger partial charge in [-0.25, -0.2) is 15.0 Å². The van der Waals surface area contributed by atoms with Gasteiger partial charge in [0.25, 0.3) is 0 Å². The summed E-state index contributed by atoms with van der Waals surface area (Å²) in [5, 5.41) is 0. The molecule has 1 aromatic heterocycles. The van der Waals surface area contributed by atoms with Gasteiger partial charge in [-0.05, 0) is 24.3 Å². The molecule has 0 spiro atoms. The minimum Gasteiger partial charge on any atom is -0.279 e. The van der Waals surface area contributed by atoms with Crippen LogP contribution >= 0.6 is 0 Å². The Bertz CT molecular complexity index is 533. The smallest absolute Gasteiger partial charge is 0.237 e. The number of anilines is 3. The molecule has 120 valence electrons. The molecule has 0 radical (unpaired) electrons. The van der Waals surface area contributed by atoms with Crippen molar-refractivity contribution in [2.45, 2.75) is 27.7 Å². The van der Waals surface area contributed by atoms with Gasteiger partial charge in [0.15, 0.2) is 0 Å². The highest BCUT2D eigenvalue weighted by Gasteiger charge is 2.13. The van der Waals surface area contributed by atoms with E-state index in [2.05, 4.69) is 15.0 Å². The van der Waals surface area contributed by atoms with Gasteiger partial charge >= 0.3 is 0 Å². The van der Waals surface area contributed by atoms with E-state index in [-0.39, 0.29) is 0 Å². The molecule has 3 rings (SSSR count). The summed E-state index contributed by atoms with van der Waals surface area (Å²) in [4.78, 5) is 14.3. The summed E-state index contributed by atoms with van der Waals surface area (Å²) in [5.74, 6) is 0.604. The Morgan fingerprint density at radius 2 is 1.00 bits per heavy atom. The summed E-state index contributed by atoms with van der Waals surface area (Å²) in [5.41, 5.74) is 2.03. The summed E-state index contributed by atoms with van der Waals surface area (Å²) in [6, 6.07) is 20.0. The Labute approximate surface area is 138 Å². The zero-order chi connectivity index (χ0) is 16.9. The van der Waals surface area contributed by atoms with Gasteiger partial charge in [-0.1, -0.05) is 64.1 Å². The van der Waals surface area contributed by atoms with Crippen LogP contribution in [-0.4, -0.2) is 15.0 Å². The quantitative estimate of drug-likeness (QED) is 0.650. The number of nitrogens with zero attached hydrogens (tertiary/aromatic N) is 4. The topological polar surface area (TPSA) is 41.9 Å². The van der Waals surface area contributed by atoms with E-state index in [9.17, 15) is 0 Å². The molecule has 4 nitrogen and oxygen atoms in total. The van der Waals surface area contributed by atoms with Crippen LogP contribution in [0.2, 0.25) is 0 Å². The van der Waals surface area contributed by atoms with E-state index >= 15 is 0 Å². The molecule has 0 atom stereocenters. The average molecular weight is 308 g/mol. The molecule has 0 N–H and O–H groups in total. The Morgan fingerprint density at radius 1 is 0.609 bits per heavy atom. The highest BCUT2D eigenvalue weighted by atomic mass is 15.3. The van der Waals surface area contributed by atoms with Crippen molar-refractivity contribution in [3.8, 4) is 0 Å². The normalized spacial score (nSPS) is 8.87. The minimum atomic E-state index is 0.604. The average Bonchev–Trinajstić information content (AvgIpc) is 2.68. The minimum absolute atomic E-state index is 0.604. The second-order valence-corrected chi connectivity index (χ2v) is 3.94. The number of para-hydroxylation sites is 2. The zero-order valence-corrected chi connectivity index (χ0v) is 14.2. The van der Waals surface area contributed by atoms with Crippen LogP contribution in [0.1, 0.15) is 27.7 Å². The molecule has 0 aliphatic heterocycles. The fraction of sp³-hybridized carbons (Fsp3) is 0.211. The number of benzene rings is 2. The molecule has 0 saturated heterocycles. The molecule has 0 bridgehead atoms. The predicted molar refractivity (Wildman–Crippen MR) is 97.2 cm³/mol. The summed E-state index contributed by atoms with van der Waals surface area (Å²) in [6.07, 6.45) is 3.00. The molecule has 0 saturated carbocycles. The molecule has 0 unspecified atom stereocenters. The largest absolute Gasteiger partial charge is 0.279 e. The lowest BCUT2D eigenvalue weighted by molar-refractivity contribution is 1.01. The molecule has 0 amide bonds. The van der Waals surface area contributed by atoms with Crippen molar-refractivity contribution in [1.82, 2.24) is 15.0 Å². The van der Waals surface area contributed by atoms with E-state index in [1.54, 1.807) is 0 Å². The van der Waals surface area contributed by atoms with Crippen LogP contribution in [0.25, 0.3) is 0 Å². The lowest BCUT2D eigenvalue weighted by atomic mass is 10.2. The fourth-order valence-corrected chi connectivity index (χ4v) is 1.88. The van der Waals surface area contributed by atoms with Gasteiger partial charge in [0.2, 0.25) is 5.95 Å². The maximum atomic E-state index is 4.24. The second kappa shape index (κ2) is 10.9. The van der Waals surface area contributed by atoms with Crippen LogP contribution in [0.3, 0.4) is 0 Å². The van der Waals surface area contributed by atoms with Gasteiger partial charge in [0.05, 0.1) is 0 Å². The molecule has 2 aromatic carbocycles. The maximum absolute atomic E-state index is 4.24. The van der Waals surface area contributed by atoms with Crippen LogP contribution in [-0.2, 0) is 0 Å². The second-order valence-electron chi connectivity index (χ2n) is 3.94. The molecular weight excluding hydrogens is 284 g/mol. The van der Waals surface area contributed by atoms with E-state index in [0.717, 1.165) is 11.4 Å². The monoisotopic (exact) mass is 308 g/mol. The standard InChI is InChI=1S/C15H12N4.2C2H6/c1-3-7-13(8-4-1)19(14-9-5-2-6-10-14)15-17-11-16-12-18-15;2*1-2/h1-12H;2*1-2H3. The van der Waals surface area contributed by atoms with Crippen LogP contribution < -0.4 is 4.90 Å². The first-order chi connectivity index (χ1) is 11.4. The van der Waals surface area contributed by atoms with Crippen LogP contribution in [0, 0.1) is 0 Å². The number of hydrogen-bond acceptors (Lipinski definition) is 4. The molecule has 4 heteroatoms. The molecule has 0 aliphatic carbocycles. The zero-order valence-electron chi connectivity index (χ0n) is 14.2. The van der Waals surface area contributed by atoms with Gasteiger partial charge in [0, 0.05) is 11.4 Å². The van der Waals surface area contributed by atoms with Crippen molar-refractivity contribution >= 4 is 17.3 Å². The Morgan fingerprint density at radius 3 is 1.39 bits per heavy atom. The SMILES string of the molecule is CC.CC.c1ccc(N(c2ccccc2)c2ncncn2)cc1. The third-order valence-electron chi connectivity index (χ3n) is 2.71. The first kappa shape index (κ1) is 18.3. The van der Waals surface area contributed by atoms with Gasteiger partial charge in [0.1, 0.15) is 12.7 Å². The lowest BCUT2D eigenvalue weighted by Gasteiger charge is -2.22. The maximum Gasteiger partial charge on any atom is 0.237 e. The van der Waals surface area contributed by atoms with Crippen molar-refractivity contribution in [2.24, 2.45) is 0 Å². The van der Waals surface area contributed by atoms with Gasteiger partial charge in [-0.2, -0.15) is 0 Å². The predicted octanol–water partition coefficient (Wildman–Crippen LogP) is 5.39. The van der Waals surface area contributed by atoms with Crippen LogP contribution in [0.15, 0.2) is 73.3 Å². The number of rotatable bonds is 3. The van der Waals surface area contributed by atoms with Crippen molar-refractivity contribution in [3.05, 3.63) is 73.3 Å². The summed E-state index contributed by atoms with van der Waals surface area (Å²) >= 11 is 0. The Hall–Kier alpha value is -2.75. The van der Waals surface area contributed by atoms with E-state index in [4.69, 9.17) is 0 Å². The summed E-state index contributed by atoms with van der Waals surface area (Å²) < 4.78 is 0. The van der Waals surface area contributed by atoms with Gasteiger partial charge < -0.3 is 0 Å². The first-order valence-electron chi connectivity index (χ1n) is 7.97. The fourth-order valence-electron chi connectivity index (χ4n) is 1.88. The molecule has 0 aliphatic rings. The Kier molecular flexibility index (Phi) is 8.67. The molecule has 0 fully saturated rings. The highest BCUT2D eigenvalue weighted by molar-refractivity contribution is 5.71. The first-order valence-corrected chi connectivity index (χ1v) is 7.97. The Balaban J connectivity index is 0.000000615. The van der Waals surface area contributed by atoms with E-state index in [1.165, 1.54) is 12.7 Å². The van der Waals surface area contributed by atoms with Crippen molar-refractivity contribution in [1.29, 1.82) is 0 Å². The third-order valence-corrected chi connectivity index (χ3v) is 2.71. The van der Waals surface area contributed by atoms with Gasteiger partial charge in [-0.15, -0.1) is 0 Å². The molecule has 3 aromatic rings. The van der Waals surface area contributed by atoms with E-state index in [1.807, 2.05) is 93.3 Å². The molecule has 23 heavy (non-hydrogen) atoms.